The van der Waals surface area contributed by atoms with Crippen molar-refractivity contribution in [3.8, 4) is 11.5 Å². The number of rotatable bonds is 4. The second-order valence-corrected chi connectivity index (χ2v) is 5.16. The third-order valence-corrected chi connectivity index (χ3v) is 3.38. The molecule has 0 atom stereocenters. The van der Waals surface area contributed by atoms with Crippen LogP contribution in [0.2, 0.25) is 5.02 Å². The average Bonchev–Trinajstić information content (AvgIpc) is 2.41. The molecule has 2 rings (SSSR count). The molecule has 0 amide bonds. The van der Waals surface area contributed by atoms with Crippen LogP contribution in [-0.2, 0) is 4.79 Å². The van der Waals surface area contributed by atoms with Crippen LogP contribution in [0.25, 0.3) is 6.08 Å². The van der Waals surface area contributed by atoms with Crippen LogP contribution in [0.4, 0.5) is 0 Å². The second kappa shape index (κ2) is 6.59. The zero-order chi connectivity index (χ0) is 14.5. The van der Waals surface area contributed by atoms with Crippen LogP contribution in [0.5, 0.6) is 11.5 Å². The Bertz CT molecular complexity index is 668. The van der Waals surface area contributed by atoms with E-state index in [2.05, 4.69) is 15.9 Å². The fourth-order valence-electron chi connectivity index (χ4n) is 1.52. The fraction of sp³-hybridized carbons (Fsp3) is 0. The van der Waals surface area contributed by atoms with Gasteiger partial charge in [-0.1, -0.05) is 29.8 Å². The first-order chi connectivity index (χ1) is 9.56. The Hall–Kier alpha value is -1.78. The standard InChI is InChI=1S/C15H10BrClO3/c16-11-3-1-2-4-13(11)20-14-7-5-10(9-12(14)17)6-8-15(18)19/h1-9H,(H,18,19)/b8-6+. The molecule has 2 aromatic carbocycles. The maximum atomic E-state index is 10.5. The summed E-state index contributed by atoms with van der Waals surface area (Å²) in [5.74, 6) is 0.156. The highest BCUT2D eigenvalue weighted by Crippen LogP contribution is 2.34. The molecule has 102 valence electrons. The Balaban J connectivity index is 2.22. The van der Waals surface area contributed by atoms with Gasteiger partial charge in [0.2, 0.25) is 0 Å². The first-order valence-electron chi connectivity index (χ1n) is 5.69. The summed E-state index contributed by atoms with van der Waals surface area (Å²) in [6, 6.07) is 12.5. The van der Waals surface area contributed by atoms with Crippen LogP contribution in [-0.4, -0.2) is 11.1 Å². The van der Waals surface area contributed by atoms with E-state index in [-0.39, 0.29) is 0 Å². The van der Waals surface area contributed by atoms with E-state index >= 15 is 0 Å². The largest absolute Gasteiger partial charge is 0.478 e. The number of hydrogen-bond acceptors (Lipinski definition) is 2. The van der Waals surface area contributed by atoms with E-state index in [0.717, 1.165) is 10.5 Å². The molecule has 0 bridgehead atoms. The van der Waals surface area contributed by atoms with Crippen molar-refractivity contribution in [2.24, 2.45) is 0 Å². The molecule has 0 fully saturated rings. The zero-order valence-electron chi connectivity index (χ0n) is 10.2. The van der Waals surface area contributed by atoms with Gasteiger partial charge in [0, 0.05) is 6.08 Å². The van der Waals surface area contributed by atoms with Crippen molar-refractivity contribution in [2.75, 3.05) is 0 Å². The van der Waals surface area contributed by atoms with Crippen molar-refractivity contribution in [2.45, 2.75) is 0 Å². The molecule has 0 aliphatic rings. The summed E-state index contributed by atoms with van der Waals surface area (Å²) in [7, 11) is 0. The van der Waals surface area contributed by atoms with Crippen molar-refractivity contribution in [1.82, 2.24) is 0 Å². The lowest BCUT2D eigenvalue weighted by molar-refractivity contribution is -0.131. The van der Waals surface area contributed by atoms with Crippen molar-refractivity contribution in [1.29, 1.82) is 0 Å². The Kier molecular flexibility index (Phi) is 4.82. The van der Waals surface area contributed by atoms with Crippen LogP contribution in [0.1, 0.15) is 5.56 Å². The van der Waals surface area contributed by atoms with Gasteiger partial charge in [-0.15, -0.1) is 0 Å². The molecule has 2 aromatic rings. The predicted molar refractivity (Wildman–Crippen MR) is 82.3 cm³/mol. The number of carboxylic acids is 1. The van der Waals surface area contributed by atoms with Gasteiger partial charge >= 0.3 is 5.97 Å². The molecule has 0 aliphatic heterocycles. The lowest BCUT2D eigenvalue weighted by atomic mass is 10.2. The summed E-state index contributed by atoms with van der Waals surface area (Å²) in [6.45, 7) is 0. The van der Waals surface area contributed by atoms with Gasteiger partial charge in [-0.05, 0) is 51.8 Å². The molecule has 0 aromatic heterocycles. The van der Waals surface area contributed by atoms with Crippen LogP contribution in [0.3, 0.4) is 0 Å². The number of benzene rings is 2. The maximum absolute atomic E-state index is 10.5. The number of ether oxygens (including phenoxy) is 1. The zero-order valence-corrected chi connectivity index (χ0v) is 12.6. The maximum Gasteiger partial charge on any atom is 0.328 e. The van der Waals surface area contributed by atoms with Crippen LogP contribution in [0.15, 0.2) is 53.0 Å². The number of halogens is 2. The van der Waals surface area contributed by atoms with E-state index in [1.807, 2.05) is 24.3 Å². The first-order valence-corrected chi connectivity index (χ1v) is 6.86. The monoisotopic (exact) mass is 352 g/mol. The summed E-state index contributed by atoms with van der Waals surface area (Å²) in [4.78, 5) is 10.5. The fourth-order valence-corrected chi connectivity index (χ4v) is 2.11. The smallest absolute Gasteiger partial charge is 0.328 e. The van der Waals surface area contributed by atoms with E-state index in [1.165, 1.54) is 6.08 Å². The van der Waals surface area contributed by atoms with Crippen molar-refractivity contribution in [3.63, 3.8) is 0 Å². The van der Waals surface area contributed by atoms with Gasteiger partial charge in [0.05, 0.1) is 9.50 Å². The highest BCUT2D eigenvalue weighted by Gasteiger charge is 2.06. The molecule has 20 heavy (non-hydrogen) atoms. The summed E-state index contributed by atoms with van der Waals surface area (Å²) in [5, 5.41) is 8.98. The summed E-state index contributed by atoms with van der Waals surface area (Å²) in [6.07, 6.45) is 2.52. The van der Waals surface area contributed by atoms with E-state index in [9.17, 15) is 4.79 Å². The van der Waals surface area contributed by atoms with Crippen LogP contribution < -0.4 is 4.74 Å². The lowest BCUT2D eigenvalue weighted by Gasteiger charge is -2.09. The minimum absolute atomic E-state index is 0.410. The topological polar surface area (TPSA) is 46.5 Å². The van der Waals surface area contributed by atoms with Gasteiger partial charge < -0.3 is 9.84 Å². The number of carbonyl (C=O) groups is 1. The predicted octanol–water partition coefficient (Wildman–Crippen LogP) is 4.99. The molecule has 5 heteroatoms. The minimum Gasteiger partial charge on any atom is -0.478 e. The first kappa shape index (κ1) is 14.6. The van der Waals surface area contributed by atoms with Crippen LogP contribution >= 0.6 is 27.5 Å². The third-order valence-electron chi connectivity index (χ3n) is 2.43. The number of hydrogen-bond donors (Lipinski definition) is 1. The third kappa shape index (κ3) is 3.85. The average molecular weight is 354 g/mol. The molecule has 0 radical (unpaired) electrons. The van der Waals surface area contributed by atoms with Crippen molar-refractivity contribution >= 4 is 39.6 Å². The molecule has 0 spiro atoms. The van der Waals surface area contributed by atoms with E-state index < -0.39 is 5.97 Å². The summed E-state index contributed by atoms with van der Waals surface area (Å²) < 4.78 is 6.53. The normalized spacial score (nSPS) is 10.7. The van der Waals surface area contributed by atoms with Gasteiger partial charge in [0.25, 0.3) is 0 Å². The van der Waals surface area contributed by atoms with Gasteiger partial charge in [-0.25, -0.2) is 4.79 Å². The lowest BCUT2D eigenvalue weighted by Crippen LogP contribution is -1.88. The summed E-state index contributed by atoms with van der Waals surface area (Å²) in [5.41, 5.74) is 0.692. The number of para-hydroxylation sites is 1. The van der Waals surface area contributed by atoms with Gasteiger partial charge in [0.15, 0.2) is 0 Å². The number of carboxylic acid groups (broad SMARTS) is 1. The highest BCUT2D eigenvalue weighted by molar-refractivity contribution is 9.10. The number of aliphatic carboxylic acids is 1. The van der Waals surface area contributed by atoms with Gasteiger partial charge in [-0.3, -0.25) is 0 Å². The molecule has 0 saturated heterocycles. The van der Waals surface area contributed by atoms with E-state index in [0.29, 0.717) is 22.1 Å². The Labute approximate surface area is 129 Å². The molecule has 0 heterocycles. The van der Waals surface area contributed by atoms with Gasteiger partial charge in [-0.2, -0.15) is 0 Å². The van der Waals surface area contributed by atoms with E-state index in [4.69, 9.17) is 21.4 Å². The van der Waals surface area contributed by atoms with Crippen LogP contribution in [0, 0.1) is 0 Å². The molecule has 1 N–H and O–H groups in total. The Morgan fingerprint density at radius 2 is 1.95 bits per heavy atom. The quantitative estimate of drug-likeness (QED) is 0.787. The Morgan fingerprint density at radius 1 is 1.20 bits per heavy atom. The van der Waals surface area contributed by atoms with Crippen molar-refractivity contribution in [3.05, 3.63) is 63.6 Å². The molecule has 0 unspecified atom stereocenters. The SMILES string of the molecule is O=C(O)/C=C/c1ccc(Oc2ccccc2Br)c(Cl)c1. The second-order valence-electron chi connectivity index (χ2n) is 3.89. The molecule has 0 saturated carbocycles. The van der Waals surface area contributed by atoms with E-state index in [1.54, 1.807) is 18.2 Å². The molecular formula is C15H10BrClO3. The molecule has 3 nitrogen and oxygen atoms in total. The summed E-state index contributed by atoms with van der Waals surface area (Å²) >= 11 is 9.51. The highest BCUT2D eigenvalue weighted by atomic mass is 79.9. The minimum atomic E-state index is -1.00. The van der Waals surface area contributed by atoms with Gasteiger partial charge in [0.1, 0.15) is 11.5 Å². The Morgan fingerprint density at radius 3 is 2.60 bits per heavy atom. The van der Waals surface area contributed by atoms with Crippen molar-refractivity contribution < 1.29 is 14.6 Å². The molecular weight excluding hydrogens is 344 g/mol. The molecule has 0 aliphatic carbocycles.